The van der Waals surface area contributed by atoms with Crippen LogP contribution < -0.4 is 5.32 Å². The van der Waals surface area contributed by atoms with Gasteiger partial charge in [-0.3, -0.25) is 0 Å². The zero-order chi connectivity index (χ0) is 15.9. The normalized spacial score (nSPS) is 13.9. The summed E-state index contributed by atoms with van der Waals surface area (Å²) < 4.78 is 0. The summed E-state index contributed by atoms with van der Waals surface area (Å²) >= 11 is 2.02. The second-order valence-corrected chi connectivity index (χ2v) is 8.34. The van der Waals surface area contributed by atoms with Crippen LogP contribution in [0.5, 0.6) is 0 Å². The number of rotatable bonds is 9. The molecule has 1 aromatic rings. The molecule has 0 saturated carbocycles. The minimum absolute atomic E-state index is 0.267. The summed E-state index contributed by atoms with van der Waals surface area (Å²) in [7, 11) is 0. The Morgan fingerprint density at radius 3 is 2.05 bits per heavy atom. The molecule has 21 heavy (non-hydrogen) atoms. The topological polar surface area (TPSA) is 12.0 Å². The third-order valence-electron chi connectivity index (χ3n) is 4.08. The van der Waals surface area contributed by atoms with Crippen LogP contribution in [0.25, 0.3) is 0 Å². The Balaban J connectivity index is 2.96. The molecule has 0 amide bonds. The predicted octanol–water partition coefficient (Wildman–Crippen LogP) is 6.30. The largest absolute Gasteiger partial charge is 0.309 e. The molecule has 1 atom stereocenters. The number of thiophene rings is 1. The van der Waals surface area contributed by atoms with E-state index in [-0.39, 0.29) is 5.41 Å². The van der Waals surface area contributed by atoms with E-state index in [1.165, 1.54) is 37.0 Å². The van der Waals surface area contributed by atoms with Gasteiger partial charge in [-0.15, -0.1) is 11.3 Å². The molecule has 0 spiro atoms. The van der Waals surface area contributed by atoms with Gasteiger partial charge in [0, 0.05) is 15.8 Å². The van der Waals surface area contributed by atoms with Crippen molar-refractivity contribution >= 4 is 11.3 Å². The summed E-state index contributed by atoms with van der Waals surface area (Å²) in [4.78, 5) is 3.05. The number of hydrogen-bond donors (Lipinski definition) is 1. The Kier molecular flexibility index (Phi) is 7.97. The second-order valence-electron chi connectivity index (χ2n) is 7.22. The summed E-state index contributed by atoms with van der Waals surface area (Å²) in [6.45, 7) is 14.9. The van der Waals surface area contributed by atoms with Gasteiger partial charge in [-0.1, -0.05) is 54.4 Å². The van der Waals surface area contributed by atoms with Crippen LogP contribution in [-0.2, 0) is 5.41 Å². The van der Waals surface area contributed by atoms with Crippen LogP contribution in [0.3, 0.4) is 0 Å². The molecule has 1 aromatic heterocycles. The molecule has 1 N–H and O–H groups in total. The summed E-state index contributed by atoms with van der Waals surface area (Å²) in [5.74, 6) is 0.776. The second kappa shape index (κ2) is 8.95. The number of nitrogens with one attached hydrogen (secondary N) is 1. The highest BCUT2D eigenvalue weighted by molar-refractivity contribution is 7.12. The van der Waals surface area contributed by atoms with Crippen molar-refractivity contribution in [2.24, 2.45) is 5.92 Å². The molecule has 1 unspecified atom stereocenters. The van der Waals surface area contributed by atoms with Crippen molar-refractivity contribution < 1.29 is 0 Å². The standard InChI is InChI=1S/C19H35NS/c1-7-10-15(11-8-2)18(20-14-9-3)16-12-13-17(21-16)19(4,5)6/h12-13,15,18,20H,7-11,14H2,1-6H3. The molecule has 0 aliphatic carbocycles. The molecule has 0 fully saturated rings. The SMILES string of the molecule is CCCNC(c1ccc(C(C)(C)C)s1)C(CCC)CCC. The van der Waals surface area contributed by atoms with Gasteiger partial charge < -0.3 is 5.32 Å². The highest BCUT2D eigenvalue weighted by atomic mass is 32.1. The van der Waals surface area contributed by atoms with Gasteiger partial charge in [0.25, 0.3) is 0 Å². The Hall–Kier alpha value is -0.340. The van der Waals surface area contributed by atoms with Crippen LogP contribution >= 0.6 is 11.3 Å². The Labute approximate surface area is 136 Å². The van der Waals surface area contributed by atoms with Crippen LogP contribution in [0.2, 0.25) is 0 Å². The smallest absolute Gasteiger partial charge is 0.0443 e. The van der Waals surface area contributed by atoms with Gasteiger partial charge in [0.2, 0.25) is 0 Å². The third kappa shape index (κ3) is 5.75. The van der Waals surface area contributed by atoms with E-state index in [0.29, 0.717) is 6.04 Å². The van der Waals surface area contributed by atoms with Gasteiger partial charge >= 0.3 is 0 Å². The van der Waals surface area contributed by atoms with Crippen LogP contribution in [0.15, 0.2) is 12.1 Å². The summed E-state index contributed by atoms with van der Waals surface area (Å²) in [5, 5.41) is 3.83. The van der Waals surface area contributed by atoms with E-state index in [1.54, 1.807) is 4.88 Å². The van der Waals surface area contributed by atoms with Crippen LogP contribution in [-0.4, -0.2) is 6.54 Å². The van der Waals surface area contributed by atoms with Crippen molar-refractivity contribution in [2.75, 3.05) is 6.54 Å². The Morgan fingerprint density at radius 1 is 1.00 bits per heavy atom. The fourth-order valence-electron chi connectivity index (χ4n) is 2.94. The average molecular weight is 310 g/mol. The van der Waals surface area contributed by atoms with E-state index in [1.807, 2.05) is 11.3 Å². The van der Waals surface area contributed by atoms with Crippen LogP contribution in [0.4, 0.5) is 0 Å². The van der Waals surface area contributed by atoms with Gasteiger partial charge in [-0.05, 0) is 49.3 Å². The summed E-state index contributed by atoms with van der Waals surface area (Å²) in [6, 6.07) is 5.26. The monoisotopic (exact) mass is 309 g/mol. The maximum atomic E-state index is 3.83. The molecule has 0 radical (unpaired) electrons. The van der Waals surface area contributed by atoms with E-state index >= 15 is 0 Å². The lowest BCUT2D eigenvalue weighted by atomic mass is 9.89. The zero-order valence-electron chi connectivity index (χ0n) is 15.0. The first-order valence-electron chi connectivity index (χ1n) is 8.77. The molecule has 0 bridgehead atoms. The lowest BCUT2D eigenvalue weighted by Crippen LogP contribution is -2.28. The van der Waals surface area contributed by atoms with Crippen molar-refractivity contribution in [3.63, 3.8) is 0 Å². The van der Waals surface area contributed by atoms with E-state index in [0.717, 1.165) is 12.5 Å². The first-order chi connectivity index (χ1) is 9.93. The quantitative estimate of drug-likeness (QED) is 0.564. The third-order valence-corrected chi connectivity index (χ3v) is 5.67. The molecule has 2 heteroatoms. The highest BCUT2D eigenvalue weighted by Gasteiger charge is 2.25. The molecule has 0 aromatic carbocycles. The summed E-state index contributed by atoms with van der Waals surface area (Å²) in [6.07, 6.45) is 6.44. The lowest BCUT2D eigenvalue weighted by Gasteiger charge is -2.27. The van der Waals surface area contributed by atoms with E-state index in [4.69, 9.17) is 0 Å². The summed E-state index contributed by atoms with van der Waals surface area (Å²) in [5.41, 5.74) is 0.267. The highest BCUT2D eigenvalue weighted by Crippen LogP contribution is 2.37. The van der Waals surface area contributed by atoms with Crippen molar-refractivity contribution in [3.8, 4) is 0 Å². The minimum atomic E-state index is 0.267. The molecular weight excluding hydrogens is 274 g/mol. The molecular formula is C19H35NS. The van der Waals surface area contributed by atoms with Gasteiger partial charge in [-0.2, -0.15) is 0 Å². The Morgan fingerprint density at radius 2 is 1.62 bits per heavy atom. The van der Waals surface area contributed by atoms with Crippen LogP contribution in [0, 0.1) is 5.92 Å². The first-order valence-corrected chi connectivity index (χ1v) is 9.59. The fraction of sp³-hybridized carbons (Fsp3) is 0.789. The molecule has 0 saturated heterocycles. The average Bonchev–Trinajstić information content (AvgIpc) is 2.89. The van der Waals surface area contributed by atoms with Crippen molar-refractivity contribution in [2.45, 2.75) is 85.1 Å². The fourth-order valence-corrected chi connectivity index (χ4v) is 4.18. The van der Waals surface area contributed by atoms with Gasteiger partial charge in [0.15, 0.2) is 0 Å². The van der Waals surface area contributed by atoms with Crippen molar-refractivity contribution in [1.29, 1.82) is 0 Å². The minimum Gasteiger partial charge on any atom is -0.309 e. The maximum absolute atomic E-state index is 3.83. The molecule has 0 aliphatic rings. The maximum Gasteiger partial charge on any atom is 0.0443 e. The lowest BCUT2D eigenvalue weighted by molar-refractivity contribution is 0.320. The van der Waals surface area contributed by atoms with Crippen molar-refractivity contribution in [3.05, 3.63) is 21.9 Å². The molecule has 0 aliphatic heterocycles. The first kappa shape index (κ1) is 18.7. The molecule has 1 rings (SSSR count). The van der Waals surface area contributed by atoms with E-state index < -0.39 is 0 Å². The Bertz CT molecular complexity index is 383. The van der Waals surface area contributed by atoms with Gasteiger partial charge in [0.05, 0.1) is 0 Å². The van der Waals surface area contributed by atoms with E-state index in [2.05, 4.69) is 59.0 Å². The predicted molar refractivity (Wildman–Crippen MR) is 97.4 cm³/mol. The van der Waals surface area contributed by atoms with Gasteiger partial charge in [0.1, 0.15) is 0 Å². The number of hydrogen-bond acceptors (Lipinski definition) is 2. The molecule has 1 nitrogen and oxygen atoms in total. The zero-order valence-corrected chi connectivity index (χ0v) is 15.8. The molecule has 122 valence electrons. The van der Waals surface area contributed by atoms with Gasteiger partial charge in [-0.25, -0.2) is 0 Å². The van der Waals surface area contributed by atoms with E-state index in [9.17, 15) is 0 Å². The van der Waals surface area contributed by atoms with Crippen LogP contribution in [0.1, 0.15) is 89.4 Å². The van der Waals surface area contributed by atoms with Crippen molar-refractivity contribution in [1.82, 2.24) is 5.32 Å². The molecule has 1 heterocycles.